The fraction of sp³-hybridized carbons (Fsp3) is 0.188. The van der Waals surface area contributed by atoms with Crippen LogP contribution in [0, 0.1) is 0 Å². The molecule has 3 aromatic rings. The zero-order chi connectivity index (χ0) is 13.9. The van der Waals surface area contributed by atoms with E-state index in [1.807, 2.05) is 41.1 Å². The van der Waals surface area contributed by atoms with Crippen molar-refractivity contribution in [1.82, 2.24) is 9.78 Å². The average molecular weight is 287 g/mol. The molecule has 0 spiro atoms. The highest BCUT2D eigenvalue weighted by atomic mass is 35.5. The number of aromatic nitrogens is 2. The Bertz CT molecular complexity index is 736. The van der Waals surface area contributed by atoms with Gasteiger partial charge in [0, 0.05) is 11.9 Å². The molecule has 0 N–H and O–H groups in total. The normalized spacial score (nSPS) is 10.9. The minimum atomic E-state index is 0.414. The number of rotatable bonds is 4. The number of hydrogen-bond acceptors (Lipinski definition) is 2. The first-order valence-corrected chi connectivity index (χ1v) is 6.99. The predicted molar refractivity (Wildman–Crippen MR) is 81.2 cm³/mol. The second-order valence-corrected chi connectivity index (χ2v) is 4.91. The van der Waals surface area contributed by atoms with Gasteiger partial charge in [-0.1, -0.05) is 41.9 Å². The molecule has 3 rings (SSSR count). The number of hydrogen-bond donors (Lipinski definition) is 0. The summed E-state index contributed by atoms with van der Waals surface area (Å²) in [5, 5.41) is 6.34. The molecule has 4 heteroatoms. The average Bonchev–Trinajstić information content (AvgIpc) is 2.85. The van der Waals surface area contributed by atoms with Crippen molar-refractivity contribution in [1.29, 1.82) is 0 Å². The Labute approximate surface area is 122 Å². The van der Waals surface area contributed by atoms with Gasteiger partial charge in [0.15, 0.2) is 0 Å². The monoisotopic (exact) mass is 286 g/mol. The van der Waals surface area contributed by atoms with Crippen molar-refractivity contribution >= 4 is 22.5 Å². The number of benzene rings is 2. The van der Waals surface area contributed by atoms with Crippen LogP contribution >= 0.6 is 11.6 Å². The number of nitrogens with zero attached hydrogens (tertiary/aromatic N) is 2. The van der Waals surface area contributed by atoms with Gasteiger partial charge in [0.05, 0.1) is 10.5 Å². The standard InChI is InChI=1S/C16H15ClN2O/c1-2-19-15-9-5-3-7-12(15)14(18-19)11-20-16-10-6-4-8-13(16)17/h3-10H,2,11H2,1H3. The molecule has 0 amide bonds. The molecule has 0 aliphatic heterocycles. The van der Waals surface area contributed by atoms with E-state index in [4.69, 9.17) is 16.3 Å². The van der Waals surface area contributed by atoms with Crippen LogP contribution in [0.15, 0.2) is 48.5 Å². The number of ether oxygens (including phenoxy) is 1. The third kappa shape index (κ3) is 2.37. The first kappa shape index (κ1) is 13.0. The zero-order valence-corrected chi connectivity index (χ0v) is 12.0. The molecular formula is C16H15ClN2O. The van der Waals surface area contributed by atoms with Crippen molar-refractivity contribution in [3.63, 3.8) is 0 Å². The van der Waals surface area contributed by atoms with Crippen LogP contribution in [0.5, 0.6) is 5.75 Å². The van der Waals surface area contributed by atoms with Gasteiger partial charge in [-0.3, -0.25) is 4.68 Å². The minimum absolute atomic E-state index is 0.414. The van der Waals surface area contributed by atoms with E-state index in [1.54, 1.807) is 0 Å². The Morgan fingerprint density at radius 2 is 1.85 bits per heavy atom. The molecule has 0 bridgehead atoms. The van der Waals surface area contributed by atoms with Crippen LogP contribution in [0.25, 0.3) is 10.9 Å². The van der Waals surface area contributed by atoms with Crippen LogP contribution in [0.3, 0.4) is 0 Å². The lowest BCUT2D eigenvalue weighted by Gasteiger charge is -2.06. The Hall–Kier alpha value is -2.00. The molecule has 1 heterocycles. The second kappa shape index (κ2) is 5.55. The third-order valence-electron chi connectivity index (χ3n) is 3.24. The van der Waals surface area contributed by atoms with Gasteiger partial charge in [-0.05, 0) is 25.1 Å². The molecule has 0 atom stereocenters. The summed E-state index contributed by atoms with van der Waals surface area (Å²) in [6.07, 6.45) is 0. The quantitative estimate of drug-likeness (QED) is 0.715. The molecule has 3 nitrogen and oxygen atoms in total. The van der Waals surface area contributed by atoms with E-state index in [0.29, 0.717) is 17.4 Å². The smallest absolute Gasteiger partial charge is 0.138 e. The Morgan fingerprint density at radius 1 is 1.10 bits per heavy atom. The molecule has 20 heavy (non-hydrogen) atoms. The number of para-hydroxylation sites is 2. The first-order chi connectivity index (χ1) is 9.79. The zero-order valence-electron chi connectivity index (χ0n) is 11.2. The second-order valence-electron chi connectivity index (χ2n) is 4.50. The molecular weight excluding hydrogens is 272 g/mol. The molecule has 0 aliphatic rings. The van der Waals surface area contributed by atoms with Gasteiger partial charge in [-0.15, -0.1) is 0 Å². The van der Waals surface area contributed by atoms with Crippen molar-refractivity contribution < 1.29 is 4.74 Å². The van der Waals surface area contributed by atoms with Crippen molar-refractivity contribution in [2.75, 3.05) is 0 Å². The van der Waals surface area contributed by atoms with Crippen LogP contribution in [-0.4, -0.2) is 9.78 Å². The molecule has 0 unspecified atom stereocenters. The Balaban J connectivity index is 1.90. The maximum Gasteiger partial charge on any atom is 0.138 e. The molecule has 0 aliphatic carbocycles. The van der Waals surface area contributed by atoms with Crippen molar-refractivity contribution in [3.8, 4) is 5.75 Å². The van der Waals surface area contributed by atoms with Gasteiger partial charge in [0.1, 0.15) is 18.1 Å². The summed E-state index contributed by atoms with van der Waals surface area (Å²) in [6.45, 7) is 3.34. The largest absolute Gasteiger partial charge is 0.486 e. The highest BCUT2D eigenvalue weighted by Crippen LogP contribution is 2.25. The maximum atomic E-state index is 6.09. The van der Waals surface area contributed by atoms with Gasteiger partial charge < -0.3 is 4.74 Å². The lowest BCUT2D eigenvalue weighted by Crippen LogP contribution is -2.00. The van der Waals surface area contributed by atoms with Gasteiger partial charge in [0.25, 0.3) is 0 Å². The number of fused-ring (bicyclic) bond motifs is 1. The number of aryl methyl sites for hydroxylation is 1. The third-order valence-corrected chi connectivity index (χ3v) is 3.55. The fourth-order valence-electron chi connectivity index (χ4n) is 2.25. The molecule has 0 saturated carbocycles. The summed E-state index contributed by atoms with van der Waals surface area (Å²) in [7, 11) is 0. The van der Waals surface area contributed by atoms with E-state index in [2.05, 4.69) is 24.2 Å². The van der Waals surface area contributed by atoms with Crippen molar-refractivity contribution in [3.05, 3.63) is 59.2 Å². The van der Waals surface area contributed by atoms with Gasteiger partial charge in [0.2, 0.25) is 0 Å². The summed E-state index contributed by atoms with van der Waals surface area (Å²) in [4.78, 5) is 0. The summed E-state index contributed by atoms with van der Waals surface area (Å²) in [5.41, 5.74) is 2.06. The van der Waals surface area contributed by atoms with E-state index in [9.17, 15) is 0 Å². The van der Waals surface area contributed by atoms with E-state index < -0.39 is 0 Å². The maximum absolute atomic E-state index is 6.09. The van der Waals surface area contributed by atoms with Gasteiger partial charge in [-0.25, -0.2) is 0 Å². The lowest BCUT2D eigenvalue weighted by atomic mass is 10.2. The summed E-state index contributed by atoms with van der Waals surface area (Å²) in [6, 6.07) is 15.7. The van der Waals surface area contributed by atoms with E-state index in [0.717, 1.165) is 23.1 Å². The van der Waals surface area contributed by atoms with Crippen LogP contribution in [0.4, 0.5) is 0 Å². The van der Waals surface area contributed by atoms with Crippen molar-refractivity contribution in [2.24, 2.45) is 0 Å². The number of halogens is 1. The highest BCUT2D eigenvalue weighted by Gasteiger charge is 2.10. The molecule has 2 aromatic carbocycles. The van der Waals surface area contributed by atoms with Crippen LogP contribution < -0.4 is 4.74 Å². The highest BCUT2D eigenvalue weighted by molar-refractivity contribution is 6.32. The first-order valence-electron chi connectivity index (χ1n) is 6.61. The lowest BCUT2D eigenvalue weighted by molar-refractivity contribution is 0.301. The molecule has 0 radical (unpaired) electrons. The fourth-order valence-corrected chi connectivity index (χ4v) is 2.44. The SMILES string of the molecule is CCn1nc(COc2ccccc2Cl)c2ccccc21. The summed E-state index contributed by atoms with van der Waals surface area (Å²) < 4.78 is 7.77. The Morgan fingerprint density at radius 3 is 2.65 bits per heavy atom. The Kier molecular flexibility index (Phi) is 3.61. The van der Waals surface area contributed by atoms with Gasteiger partial charge in [-0.2, -0.15) is 5.10 Å². The molecule has 0 saturated heterocycles. The predicted octanol–water partition coefficient (Wildman–Crippen LogP) is 4.29. The summed E-state index contributed by atoms with van der Waals surface area (Å²) >= 11 is 6.09. The molecule has 102 valence electrons. The van der Waals surface area contributed by atoms with E-state index in [1.165, 1.54) is 0 Å². The van der Waals surface area contributed by atoms with Gasteiger partial charge >= 0.3 is 0 Å². The molecule has 1 aromatic heterocycles. The topological polar surface area (TPSA) is 27.1 Å². The minimum Gasteiger partial charge on any atom is -0.486 e. The van der Waals surface area contributed by atoms with E-state index >= 15 is 0 Å². The molecule has 0 fully saturated rings. The van der Waals surface area contributed by atoms with Crippen molar-refractivity contribution in [2.45, 2.75) is 20.1 Å². The summed E-state index contributed by atoms with van der Waals surface area (Å²) in [5.74, 6) is 0.685. The van der Waals surface area contributed by atoms with Crippen LogP contribution in [0.1, 0.15) is 12.6 Å². The van der Waals surface area contributed by atoms with E-state index in [-0.39, 0.29) is 0 Å². The van der Waals surface area contributed by atoms with Crippen LogP contribution in [-0.2, 0) is 13.2 Å². The van der Waals surface area contributed by atoms with Crippen LogP contribution in [0.2, 0.25) is 5.02 Å².